The maximum absolute atomic E-state index is 5.92. The highest BCUT2D eigenvalue weighted by Crippen LogP contribution is 2.18. The lowest BCUT2D eigenvalue weighted by molar-refractivity contribution is 0.301. The lowest BCUT2D eigenvalue weighted by Gasteiger charge is -2.11. The van der Waals surface area contributed by atoms with Gasteiger partial charge in [0, 0.05) is 12.1 Å². The van der Waals surface area contributed by atoms with Crippen LogP contribution in [0.25, 0.3) is 0 Å². The molecule has 0 aliphatic rings. The molecule has 0 bridgehead atoms. The van der Waals surface area contributed by atoms with E-state index in [9.17, 15) is 0 Å². The molecule has 126 valence electrons. The van der Waals surface area contributed by atoms with Gasteiger partial charge in [-0.05, 0) is 19.5 Å². The van der Waals surface area contributed by atoms with Crippen LogP contribution in [0.2, 0.25) is 0 Å². The van der Waals surface area contributed by atoms with Crippen molar-refractivity contribution in [2.45, 2.75) is 77.7 Å². The minimum Gasteiger partial charge on any atom is -0.493 e. The van der Waals surface area contributed by atoms with Gasteiger partial charge in [0.1, 0.15) is 5.75 Å². The van der Waals surface area contributed by atoms with Gasteiger partial charge in [-0.2, -0.15) is 0 Å². The molecule has 0 fully saturated rings. The monoisotopic (exact) mass is 305 g/mol. The third-order valence-corrected chi connectivity index (χ3v) is 4.10. The highest BCUT2D eigenvalue weighted by molar-refractivity contribution is 5.33. The van der Waals surface area contributed by atoms with Gasteiger partial charge in [0.05, 0.1) is 6.61 Å². The van der Waals surface area contributed by atoms with E-state index in [0.29, 0.717) is 0 Å². The zero-order valence-electron chi connectivity index (χ0n) is 14.7. The van der Waals surface area contributed by atoms with Crippen LogP contribution < -0.4 is 10.1 Å². The summed E-state index contributed by atoms with van der Waals surface area (Å²) in [6, 6.07) is 8.32. The lowest BCUT2D eigenvalue weighted by atomic mass is 10.1. The van der Waals surface area contributed by atoms with Crippen molar-refractivity contribution < 1.29 is 4.74 Å². The van der Waals surface area contributed by atoms with Crippen molar-refractivity contribution in [1.82, 2.24) is 5.32 Å². The minimum atomic E-state index is 0.844. The van der Waals surface area contributed by atoms with Crippen molar-refractivity contribution in [2.24, 2.45) is 0 Å². The van der Waals surface area contributed by atoms with Crippen molar-refractivity contribution in [1.29, 1.82) is 0 Å². The van der Waals surface area contributed by atoms with E-state index in [-0.39, 0.29) is 0 Å². The van der Waals surface area contributed by atoms with Crippen LogP contribution in [0.15, 0.2) is 24.3 Å². The smallest absolute Gasteiger partial charge is 0.123 e. The molecule has 0 atom stereocenters. The van der Waals surface area contributed by atoms with Crippen molar-refractivity contribution in [3.63, 3.8) is 0 Å². The molecule has 0 aliphatic heterocycles. The van der Waals surface area contributed by atoms with Crippen LogP contribution in [0.4, 0.5) is 0 Å². The molecule has 0 saturated carbocycles. The van der Waals surface area contributed by atoms with Crippen LogP contribution in [-0.2, 0) is 6.54 Å². The Balaban J connectivity index is 1.97. The van der Waals surface area contributed by atoms with Crippen LogP contribution in [0, 0.1) is 0 Å². The van der Waals surface area contributed by atoms with Crippen LogP contribution >= 0.6 is 0 Å². The number of unbranched alkanes of at least 4 members (excludes halogenated alkanes) is 9. The summed E-state index contributed by atoms with van der Waals surface area (Å²) < 4.78 is 5.92. The Kier molecular flexibility index (Phi) is 11.8. The molecular formula is C20H35NO. The third kappa shape index (κ3) is 9.09. The van der Waals surface area contributed by atoms with Gasteiger partial charge in [-0.3, -0.25) is 0 Å². The second kappa shape index (κ2) is 13.6. The summed E-state index contributed by atoms with van der Waals surface area (Å²) >= 11 is 0. The zero-order valence-corrected chi connectivity index (χ0v) is 14.7. The predicted octanol–water partition coefficient (Wildman–Crippen LogP) is 5.71. The van der Waals surface area contributed by atoms with E-state index in [1.54, 1.807) is 0 Å². The lowest BCUT2D eigenvalue weighted by Crippen LogP contribution is -2.08. The first-order valence-corrected chi connectivity index (χ1v) is 9.23. The standard InChI is InChI=1S/C20H35NO/c1-3-4-5-6-7-8-9-10-11-14-17-22-20-16-13-12-15-19(20)18-21-2/h12-13,15-16,21H,3-11,14,17-18H2,1-2H3. The Morgan fingerprint density at radius 2 is 1.41 bits per heavy atom. The van der Waals surface area contributed by atoms with Crippen molar-refractivity contribution in [2.75, 3.05) is 13.7 Å². The zero-order chi connectivity index (χ0) is 15.9. The van der Waals surface area contributed by atoms with Gasteiger partial charge in [0.15, 0.2) is 0 Å². The van der Waals surface area contributed by atoms with Crippen molar-refractivity contribution in [3.8, 4) is 5.75 Å². The van der Waals surface area contributed by atoms with Gasteiger partial charge in [-0.25, -0.2) is 0 Å². The Hall–Kier alpha value is -1.02. The molecule has 0 saturated heterocycles. The number of benzene rings is 1. The summed E-state index contributed by atoms with van der Waals surface area (Å²) in [5.74, 6) is 1.03. The normalized spacial score (nSPS) is 10.8. The molecule has 0 spiro atoms. The van der Waals surface area contributed by atoms with Gasteiger partial charge in [0.2, 0.25) is 0 Å². The summed E-state index contributed by atoms with van der Waals surface area (Å²) in [6.45, 7) is 3.99. The molecule has 0 radical (unpaired) electrons. The van der Waals surface area contributed by atoms with Gasteiger partial charge in [0.25, 0.3) is 0 Å². The molecule has 22 heavy (non-hydrogen) atoms. The summed E-state index contributed by atoms with van der Waals surface area (Å²) in [4.78, 5) is 0. The highest BCUT2D eigenvalue weighted by Gasteiger charge is 2.01. The SMILES string of the molecule is CCCCCCCCCCCCOc1ccccc1CNC. The molecule has 0 aromatic heterocycles. The number of nitrogens with one attached hydrogen (secondary N) is 1. The van der Waals surface area contributed by atoms with Gasteiger partial charge < -0.3 is 10.1 Å². The molecule has 1 aromatic carbocycles. The summed E-state index contributed by atoms with van der Waals surface area (Å²) in [7, 11) is 1.97. The van der Waals surface area contributed by atoms with Crippen LogP contribution in [0.5, 0.6) is 5.75 Å². The number of hydrogen-bond acceptors (Lipinski definition) is 2. The van der Waals surface area contributed by atoms with E-state index in [1.165, 1.54) is 69.8 Å². The Morgan fingerprint density at radius 3 is 2.05 bits per heavy atom. The molecule has 0 amide bonds. The Morgan fingerprint density at radius 1 is 0.818 bits per heavy atom. The Labute approximate surface area is 137 Å². The van der Waals surface area contributed by atoms with Gasteiger partial charge in [-0.15, -0.1) is 0 Å². The van der Waals surface area contributed by atoms with E-state index in [4.69, 9.17) is 4.74 Å². The molecule has 1 N–H and O–H groups in total. The average molecular weight is 306 g/mol. The minimum absolute atomic E-state index is 0.844. The van der Waals surface area contributed by atoms with Gasteiger partial charge in [-0.1, -0.05) is 82.9 Å². The van der Waals surface area contributed by atoms with E-state index in [1.807, 2.05) is 13.1 Å². The van der Waals surface area contributed by atoms with E-state index in [2.05, 4.69) is 30.4 Å². The van der Waals surface area contributed by atoms with E-state index >= 15 is 0 Å². The van der Waals surface area contributed by atoms with Crippen LogP contribution in [0.1, 0.15) is 76.7 Å². The number of hydrogen-bond donors (Lipinski definition) is 1. The molecule has 2 heteroatoms. The van der Waals surface area contributed by atoms with Crippen LogP contribution in [0.3, 0.4) is 0 Å². The maximum Gasteiger partial charge on any atom is 0.123 e. The number of ether oxygens (including phenoxy) is 1. The molecule has 0 aliphatic carbocycles. The number of rotatable bonds is 14. The fourth-order valence-electron chi connectivity index (χ4n) is 2.75. The molecule has 0 heterocycles. The Bertz CT molecular complexity index is 364. The fourth-order valence-corrected chi connectivity index (χ4v) is 2.75. The number of para-hydroxylation sites is 1. The molecular weight excluding hydrogens is 270 g/mol. The van der Waals surface area contributed by atoms with E-state index in [0.717, 1.165) is 18.9 Å². The molecule has 2 nitrogen and oxygen atoms in total. The summed E-state index contributed by atoms with van der Waals surface area (Å²) in [5, 5.41) is 3.19. The summed E-state index contributed by atoms with van der Waals surface area (Å²) in [6.07, 6.45) is 13.7. The molecule has 1 aromatic rings. The predicted molar refractivity (Wildman–Crippen MR) is 96.5 cm³/mol. The van der Waals surface area contributed by atoms with Gasteiger partial charge >= 0.3 is 0 Å². The molecule has 1 rings (SSSR count). The topological polar surface area (TPSA) is 21.3 Å². The first-order chi connectivity index (χ1) is 10.9. The van der Waals surface area contributed by atoms with Crippen molar-refractivity contribution >= 4 is 0 Å². The quantitative estimate of drug-likeness (QED) is 0.445. The second-order valence-corrected chi connectivity index (χ2v) is 6.17. The largest absolute Gasteiger partial charge is 0.493 e. The summed E-state index contributed by atoms with van der Waals surface area (Å²) in [5.41, 5.74) is 1.25. The first kappa shape index (κ1) is 19.0. The van der Waals surface area contributed by atoms with E-state index < -0.39 is 0 Å². The maximum atomic E-state index is 5.92. The third-order valence-electron chi connectivity index (χ3n) is 4.10. The van der Waals surface area contributed by atoms with Crippen molar-refractivity contribution in [3.05, 3.63) is 29.8 Å². The second-order valence-electron chi connectivity index (χ2n) is 6.17. The average Bonchev–Trinajstić information content (AvgIpc) is 2.54. The van der Waals surface area contributed by atoms with Crippen LogP contribution in [-0.4, -0.2) is 13.7 Å². The highest BCUT2D eigenvalue weighted by atomic mass is 16.5. The molecule has 0 unspecified atom stereocenters. The first-order valence-electron chi connectivity index (χ1n) is 9.23. The fraction of sp³-hybridized carbons (Fsp3) is 0.700.